The maximum Gasteiger partial charge on any atom is 0.355 e. The normalized spacial score (nSPS) is 17.5. The van der Waals surface area contributed by atoms with Crippen molar-refractivity contribution >= 4 is 22.8 Å². The molecule has 0 amide bonds. The zero-order valence-electron chi connectivity index (χ0n) is 36.8. The lowest BCUT2D eigenvalue weighted by Gasteiger charge is -2.35. The number of fused-ring (bicyclic) bond motifs is 5. The average molecular weight is 856 g/mol. The van der Waals surface area contributed by atoms with Gasteiger partial charge in [0, 0.05) is 40.3 Å². The second-order valence-electron chi connectivity index (χ2n) is 16.9. The van der Waals surface area contributed by atoms with Gasteiger partial charge in [0.25, 0.3) is 5.56 Å². The standard InChI is InChI=1S/C47H61N5O10/c1-7-20-57-28-45(8-2,27-53)29-59-31-46(9-3,32-61-33(5)6)30-58-25-36-24-51(50-49-36)19-15-11-12-18-41(54)62-47(10-4)38-22-40-42-35(21-34-16-13-14-17-39(34)48-42)23-52(40)43(55)37(38)26-60-44(47)56/h1,13-14,16-17,21-22,24,33,53H,8-12,15,18-20,23,25-32H2,2-6H3/t45?,46?,47-/m0/s1. The van der Waals surface area contributed by atoms with E-state index < -0.39 is 28.4 Å². The van der Waals surface area contributed by atoms with E-state index in [1.54, 1.807) is 22.2 Å². The number of carbonyl (C=O) groups excluding carboxylic acids is 2. The first-order valence-corrected chi connectivity index (χ1v) is 21.8. The van der Waals surface area contributed by atoms with Gasteiger partial charge < -0.3 is 38.1 Å². The molecule has 0 spiro atoms. The Morgan fingerprint density at radius 1 is 1.00 bits per heavy atom. The number of cyclic esters (lactones) is 1. The Morgan fingerprint density at radius 2 is 1.76 bits per heavy atom. The molecular weight excluding hydrogens is 795 g/mol. The number of carbonyl (C=O) groups is 2. The first-order valence-electron chi connectivity index (χ1n) is 21.8. The van der Waals surface area contributed by atoms with Gasteiger partial charge in [-0.1, -0.05) is 56.5 Å². The number of aromatic nitrogens is 5. The molecule has 0 saturated heterocycles. The molecule has 334 valence electrons. The van der Waals surface area contributed by atoms with E-state index in [0.717, 1.165) is 29.3 Å². The van der Waals surface area contributed by atoms with Gasteiger partial charge in [-0.3, -0.25) is 14.3 Å². The second-order valence-corrected chi connectivity index (χ2v) is 16.9. The van der Waals surface area contributed by atoms with E-state index in [9.17, 15) is 19.5 Å². The number of esters is 2. The highest BCUT2D eigenvalue weighted by molar-refractivity contribution is 5.88. The van der Waals surface area contributed by atoms with Gasteiger partial charge in [0.15, 0.2) is 0 Å². The van der Waals surface area contributed by atoms with Gasteiger partial charge in [0.2, 0.25) is 5.60 Å². The quantitative estimate of drug-likeness (QED) is 0.0419. The molecule has 15 nitrogen and oxygen atoms in total. The monoisotopic (exact) mass is 855 g/mol. The zero-order chi connectivity index (χ0) is 44.3. The molecule has 0 bridgehead atoms. The minimum absolute atomic E-state index is 0.0316. The highest BCUT2D eigenvalue weighted by Gasteiger charge is 2.50. The van der Waals surface area contributed by atoms with Crippen molar-refractivity contribution < 1.29 is 43.1 Å². The first-order chi connectivity index (χ1) is 29.9. The highest BCUT2D eigenvalue weighted by Crippen LogP contribution is 2.41. The Kier molecular flexibility index (Phi) is 15.7. The molecule has 0 aliphatic carbocycles. The second kappa shape index (κ2) is 20.9. The smallest absolute Gasteiger partial charge is 0.355 e. The van der Waals surface area contributed by atoms with Crippen LogP contribution in [0.3, 0.4) is 0 Å². The van der Waals surface area contributed by atoms with Crippen LogP contribution < -0.4 is 5.56 Å². The maximum absolute atomic E-state index is 13.8. The van der Waals surface area contributed by atoms with Gasteiger partial charge in [0.1, 0.15) is 18.9 Å². The fraction of sp³-hybridized carbons (Fsp3) is 0.574. The third-order valence-electron chi connectivity index (χ3n) is 12.2. The van der Waals surface area contributed by atoms with E-state index in [1.807, 2.05) is 57.3 Å². The summed E-state index contributed by atoms with van der Waals surface area (Å²) in [5, 5.41) is 19.7. The summed E-state index contributed by atoms with van der Waals surface area (Å²) in [6.07, 6.45) is 10.8. The van der Waals surface area contributed by atoms with Crippen molar-refractivity contribution in [3.63, 3.8) is 0 Å². The summed E-state index contributed by atoms with van der Waals surface area (Å²) in [7, 11) is 0. The minimum atomic E-state index is -1.73. The number of hydrogen-bond donors (Lipinski definition) is 1. The van der Waals surface area contributed by atoms with Crippen LogP contribution in [0.2, 0.25) is 0 Å². The van der Waals surface area contributed by atoms with Crippen molar-refractivity contribution in [2.45, 2.75) is 118 Å². The third kappa shape index (κ3) is 10.4. The van der Waals surface area contributed by atoms with Gasteiger partial charge in [-0.2, -0.15) is 0 Å². The molecule has 62 heavy (non-hydrogen) atoms. The van der Waals surface area contributed by atoms with E-state index in [0.29, 0.717) is 93.6 Å². The number of aliphatic hydroxyl groups excluding tert-OH is 1. The topological polar surface area (TPSA) is 175 Å². The number of aliphatic hydroxyl groups is 1. The van der Waals surface area contributed by atoms with Crippen molar-refractivity contribution in [3.8, 4) is 23.7 Å². The van der Waals surface area contributed by atoms with E-state index in [4.69, 9.17) is 39.8 Å². The van der Waals surface area contributed by atoms with Gasteiger partial charge in [0.05, 0.1) is 87.6 Å². The molecule has 3 atom stereocenters. The summed E-state index contributed by atoms with van der Waals surface area (Å²) in [6, 6.07) is 11.6. The number of unbranched alkanes of at least 4 members (excludes halogenated alkanes) is 2. The van der Waals surface area contributed by atoms with E-state index in [1.165, 1.54) is 0 Å². The summed E-state index contributed by atoms with van der Waals surface area (Å²) in [4.78, 5) is 45.5. The van der Waals surface area contributed by atoms with E-state index in [-0.39, 0.29) is 50.9 Å². The predicted molar refractivity (Wildman–Crippen MR) is 231 cm³/mol. The molecule has 6 rings (SSSR count). The number of aryl methyl sites for hydroxylation is 1. The molecule has 3 aromatic heterocycles. The van der Waals surface area contributed by atoms with Crippen LogP contribution in [0.4, 0.5) is 0 Å². The fourth-order valence-electron chi connectivity index (χ4n) is 7.97. The molecule has 5 heterocycles. The lowest BCUT2D eigenvalue weighted by atomic mass is 9.85. The number of ether oxygens (including phenoxy) is 6. The van der Waals surface area contributed by atoms with Crippen LogP contribution in [-0.2, 0) is 69.9 Å². The van der Waals surface area contributed by atoms with Crippen molar-refractivity contribution in [2.75, 3.05) is 46.2 Å². The van der Waals surface area contributed by atoms with Crippen LogP contribution >= 0.6 is 0 Å². The molecule has 2 aliphatic heterocycles. The zero-order valence-corrected chi connectivity index (χ0v) is 36.8. The van der Waals surface area contributed by atoms with E-state index in [2.05, 4.69) is 23.2 Å². The fourth-order valence-corrected chi connectivity index (χ4v) is 7.97. The predicted octanol–water partition coefficient (Wildman–Crippen LogP) is 5.88. The molecule has 2 unspecified atom stereocenters. The van der Waals surface area contributed by atoms with Crippen LogP contribution in [0.1, 0.15) is 102 Å². The first kappa shape index (κ1) is 46.5. The Bertz CT molecular complexity index is 2280. The van der Waals surface area contributed by atoms with Gasteiger partial charge >= 0.3 is 11.9 Å². The van der Waals surface area contributed by atoms with Crippen LogP contribution in [-0.4, -0.2) is 93.9 Å². The molecule has 2 aliphatic rings. The Balaban J connectivity index is 0.994. The van der Waals surface area contributed by atoms with Crippen molar-refractivity contribution in [3.05, 3.63) is 75.3 Å². The molecule has 1 N–H and O–H groups in total. The van der Waals surface area contributed by atoms with Gasteiger partial charge in [-0.25, -0.2) is 9.78 Å². The molecule has 15 heteroatoms. The molecule has 4 aromatic rings. The average Bonchev–Trinajstić information content (AvgIpc) is 3.89. The number of hydrogen-bond acceptors (Lipinski definition) is 13. The summed E-state index contributed by atoms with van der Waals surface area (Å²) >= 11 is 0. The SMILES string of the molecule is C#CCOCC(CC)(CO)COCC(CC)(COCc1cn(CCCCCC(=O)O[C@]2(CC)C(=O)OCc3c2cc2n(c3=O)Cc3cc4ccccc4nc3-2)nn1)COC(C)C. The van der Waals surface area contributed by atoms with Gasteiger partial charge in [-0.05, 0) is 64.2 Å². The lowest BCUT2D eigenvalue weighted by molar-refractivity contribution is -0.189. The maximum atomic E-state index is 13.8. The van der Waals surface area contributed by atoms with Crippen LogP contribution in [0.5, 0.6) is 0 Å². The molecule has 0 saturated carbocycles. The summed E-state index contributed by atoms with van der Waals surface area (Å²) < 4.78 is 39.0. The number of para-hydroxylation sites is 1. The summed E-state index contributed by atoms with van der Waals surface area (Å²) in [5.74, 6) is 1.24. The van der Waals surface area contributed by atoms with Crippen LogP contribution in [0.15, 0.2) is 47.4 Å². The number of rotatable bonds is 25. The summed E-state index contributed by atoms with van der Waals surface area (Å²) in [5.41, 5.74) is 1.35. The summed E-state index contributed by atoms with van der Waals surface area (Å²) in [6.45, 7) is 12.7. The minimum Gasteiger partial charge on any atom is -0.457 e. The van der Waals surface area contributed by atoms with Crippen molar-refractivity contribution in [1.29, 1.82) is 0 Å². The molecule has 0 fully saturated rings. The largest absolute Gasteiger partial charge is 0.457 e. The van der Waals surface area contributed by atoms with Crippen LogP contribution in [0, 0.1) is 23.2 Å². The Hall–Kier alpha value is -4.98. The van der Waals surface area contributed by atoms with Crippen molar-refractivity contribution in [1.82, 2.24) is 24.5 Å². The van der Waals surface area contributed by atoms with Crippen molar-refractivity contribution in [2.24, 2.45) is 10.8 Å². The lowest BCUT2D eigenvalue weighted by Crippen LogP contribution is -2.47. The number of benzene rings is 1. The number of terminal acetylenes is 1. The highest BCUT2D eigenvalue weighted by atomic mass is 16.6. The number of pyridine rings is 2. The third-order valence-corrected chi connectivity index (χ3v) is 12.2. The Labute approximate surface area is 363 Å². The molecular formula is C47H61N5O10. The molecule has 0 radical (unpaired) electrons. The van der Waals surface area contributed by atoms with Gasteiger partial charge in [-0.15, -0.1) is 11.5 Å². The van der Waals surface area contributed by atoms with E-state index >= 15 is 0 Å². The molecule has 1 aromatic carbocycles. The van der Waals surface area contributed by atoms with Crippen LogP contribution in [0.25, 0.3) is 22.3 Å². The number of nitrogens with zero attached hydrogens (tertiary/aromatic N) is 5. The Morgan fingerprint density at radius 3 is 2.50 bits per heavy atom.